The molecule has 37 heavy (non-hydrogen) atoms. The Bertz CT molecular complexity index is 1160. The number of likely N-dealkylation sites (tertiary alicyclic amines) is 1. The van der Waals surface area contributed by atoms with E-state index >= 15 is 0 Å². The largest absolute Gasteiger partial charge is 0.460 e. The average Bonchev–Trinajstić information content (AvgIpc) is 3.36. The molecule has 2 unspecified atom stereocenters. The Kier molecular flexibility index (Phi) is 8.26. The van der Waals surface area contributed by atoms with Gasteiger partial charge in [-0.1, -0.05) is 41.9 Å². The van der Waals surface area contributed by atoms with Gasteiger partial charge in [0, 0.05) is 23.7 Å². The van der Waals surface area contributed by atoms with Gasteiger partial charge in [-0.25, -0.2) is 8.93 Å². The first-order valence-electron chi connectivity index (χ1n) is 10.5. The van der Waals surface area contributed by atoms with Crippen LogP contribution in [0.5, 0.6) is 0 Å². The minimum absolute atomic E-state index is 0.0460. The van der Waals surface area contributed by atoms with Crippen molar-refractivity contribution in [1.29, 1.82) is 0 Å². The van der Waals surface area contributed by atoms with Crippen LogP contribution in [0.4, 0.5) is 39.5 Å². The van der Waals surface area contributed by atoms with Crippen molar-refractivity contribution in [3.63, 3.8) is 0 Å². The summed E-state index contributed by atoms with van der Waals surface area (Å²) in [5.74, 6) is -14.9. The van der Waals surface area contributed by atoms with E-state index in [-0.39, 0.29) is 21.7 Å². The normalized spacial score (nSPS) is 17.1. The van der Waals surface area contributed by atoms with Crippen LogP contribution in [0, 0.1) is 0 Å². The molecule has 1 fully saturated rings. The fourth-order valence-electron chi connectivity index (χ4n) is 3.67. The molecule has 1 aliphatic heterocycles. The van der Waals surface area contributed by atoms with Crippen molar-refractivity contribution in [2.24, 2.45) is 0 Å². The Morgan fingerprint density at radius 3 is 2.00 bits per heavy atom. The van der Waals surface area contributed by atoms with Crippen LogP contribution in [0.25, 0.3) is 0 Å². The maximum atomic E-state index is 14.4. The summed E-state index contributed by atoms with van der Waals surface area (Å²) in [5, 5.41) is -6.46. The van der Waals surface area contributed by atoms with Crippen molar-refractivity contribution in [3.8, 4) is 0 Å². The first-order valence-corrected chi connectivity index (χ1v) is 12.1. The third kappa shape index (κ3) is 5.46. The van der Waals surface area contributed by atoms with E-state index in [1.165, 1.54) is 47.4 Å². The molecule has 2 aromatic carbocycles. The van der Waals surface area contributed by atoms with Gasteiger partial charge in [-0.3, -0.25) is 4.79 Å². The van der Waals surface area contributed by atoms with Crippen LogP contribution in [-0.2, 0) is 11.0 Å². The van der Waals surface area contributed by atoms with Crippen LogP contribution >= 0.6 is 11.6 Å². The van der Waals surface area contributed by atoms with E-state index in [0.29, 0.717) is 25.9 Å². The number of hydrogen-bond donors (Lipinski definition) is 1. The van der Waals surface area contributed by atoms with E-state index < -0.39 is 46.2 Å². The first-order chi connectivity index (χ1) is 17.0. The molecule has 1 saturated heterocycles. The smallest absolute Gasteiger partial charge is 0.339 e. The van der Waals surface area contributed by atoms with Crippen LogP contribution in [0.1, 0.15) is 40.4 Å². The number of hydrogen-bond acceptors (Lipinski definition) is 2. The van der Waals surface area contributed by atoms with E-state index in [4.69, 9.17) is 11.6 Å². The molecule has 0 aromatic heterocycles. The van der Waals surface area contributed by atoms with Gasteiger partial charge >= 0.3 is 23.3 Å². The highest BCUT2D eigenvalue weighted by atomic mass is 35.5. The van der Waals surface area contributed by atoms with Crippen LogP contribution in [0.2, 0.25) is 5.02 Å². The van der Waals surface area contributed by atoms with Gasteiger partial charge < -0.3 is 4.90 Å². The van der Waals surface area contributed by atoms with Crippen LogP contribution in [-0.4, -0.2) is 51.4 Å². The second-order valence-corrected chi connectivity index (χ2v) is 9.85. The highest BCUT2D eigenvalue weighted by molar-refractivity contribution is 7.84. The molecule has 15 heteroatoms. The van der Waals surface area contributed by atoms with Gasteiger partial charge in [0.15, 0.2) is 11.0 Å². The molecule has 3 rings (SSSR count). The summed E-state index contributed by atoms with van der Waals surface area (Å²) in [6.07, 6.45) is -5.72. The second kappa shape index (κ2) is 10.4. The summed E-state index contributed by atoms with van der Waals surface area (Å²) in [7, 11) is -4.52. The Balaban J connectivity index is 2.09. The molecule has 0 radical (unpaired) electrons. The van der Waals surface area contributed by atoms with E-state index in [1.54, 1.807) is 4.72 Å². The summed E-state index contributed by atoms with van der Waals surface area (Å²) < 4.78 is 135. The van der Waals surface area contributed by atoms with Gasteiger partial charge in [-0.2, -0.15) is 39.5 Å². The minimum atomic E-state index is -7.21. The monoisotopic (exact) mass is 580 g/mol. The molecule has 1 aliphatic rings. The van der Waals surface area contributed by atoms with E-state index in [1.807, 2.05) is 0 Å². The van der Waals surface area contributed by atoms with Gasteiger partial charge in [0.1, 0.15) is 0 Å². The highest BCUT2D eigenvalue weighted by Gasteiger charge is 2.83. The van der Waals surface area contributed by atoms with Crippen molar-refractivity contribution in [2.75, 3.05) is 13.1 Å². The van der Waals surface area contributed by atoms with E-state index in [2.05, 4.69) is 0 Å². The van der Waals surface area contributed by atoms with Gasteiger partial charge in [0.2, 0.25) is 0 Å². The fourth-order valence-corrected chi connectivity index (χ4v) is 4.84. The van der Waals surface area contributed by atoms with Gasteiger partial charge in [-0.05, 0) is 42.2 Å². The van der Waals surface area contributed by atoms with E-state index in [0.717, 1.165) is 6.07 Å². The summed E-state index contributed by atoms with van der Waals surface area (Å²) in [4.78, 5) is 14.5. The Morgan fingerprint density at radius 1 is 0.892 bits per heavy atom. The number of carbonyl (C=O) groups is 1. The molecule has 1 amide bonds. The molecule has 2 atom stereocenters. The number of amides is 1. The highest BCUT2D eigenvalue weighted by Crippen LogP contribution is 2.54. The summed E-state index contributed by atoms with van der Waals surface area (Å²) in [5.41, 5.74) is -0.429. The number of nitrogens with one attached hydrogen (secondary N) is 1. The third-order valence-electron chi connectivity index (χ3n) is 5.65. The topological polar surface area (TPSA) is 49.4 Å². The number of halogens is 10. The molecule has 0 aliphatic carbocycles. The molecule has 204 valence electrons. The zero-order valence-electron chi connectivity index (χ0n) is 18.5. The van der Waals surface area contributed by atoms with Crippen LogP contribution in [0.3, 0.4) is 0 Å². The first kappa shape index (κ1) is 29.2. The van der Waals surface area contributed by atoms with Crippen molar-refractivity contribution in [1.82, 2.24) is 9.62 Å². The molecule has 0 spiro atoms. The Morgan fingerprint density at radius 2 is 1.46 bits per heavy atom. The molecule has 0 bridgehead atoms. The van der Waals surface area contributed by atoms with Gasteiger partial charge in [-0.15, -0.1) is 0 Å². The lowest BCUT2D eigenvalue weighted by molar-refractivity contribution is -0.381. The molecule has 4 nitrogen and oxygen atoms in total. The zero-order chi connectivity index (χ0) is 27.8. The average molecular weight is 581 g/mol. The van der Waals surface area contributed by atoms with Crippen molar-refractivity contribution in [3.05, 3.63) is 70.2 Å². The SMILES string of the molecule is O=C(c1ccc(Cl)cc1C(NS(=O)C(F)(F)C(F)(F)C(F)(F)C(F)(F)F)c1ccccc1)N1CCCC1. The van der Waals surface area contributed by atoms with Crippen molar-refractivity contribution < 1.29 is 48.5 Å². The van der Waals surface area contributed by atoms with Crippen LogP contribution < -0.4 is 4.72 Å². The summed E-state index contributed by atoms with van der Waals surface area (Å²) >= 11 is 6.00. The lowest BCUT2D eigenvalue weighted by Crippen LogP contribution is -2.63. The predicted molar refractivity (Wildman–Crippen MR) is 117 cm³/mol. The zero-order valence-corrected chi connectivity index (χ0v) is 20.0. The molecular weight excluding hydrogens is 563 g/mol. The third-order valence-corrected chi connectivity index (χ3v) is 7.06. The quantitative estimate of drug-likeness (QED) is 0.370. The minimum Gasteiger partial charge on any atom is -0.339 e. The molecule has 1 N–H and O–H groups in total. The molecular formula is C22H18ClF9N2O2S. The number of alkyl halides is 9. The van der Waals surface area contributed by atoms with Gasteiger partial charge in [0.25, 0.3) is 5.91 Å². The number of carbonyl (C=O) groups excluding carboxylic acids is 1. The van der Waals surface area contributed by atoms with E-state index in [9.17, 15) is 48.5 Å². The number of benzene rings is 2. The number of rotatable bonds is 8. The maximum Gasteiger partial charge on any atom is 0.460 e. The van der Waals surface area contributed by atoms with Crippen LogP contribution in [0.15, 0.2) is 48.5 Å². The number of nitrogens with zero attached hydrogens (tertiary/aromatic N) is 1. The maximum absolute atomic E-state index is 14.4. The summed E-state index contributed by atoms with van der Waals surface area (Å²) in [6.45, 7) is 0.708. The second-order valence-electron chi connectivity index (χ2n) is 8.12. The lowest BCUT2D eigenvalue weighted by atomic mass is 9.94. The van der Waals surface area contributed by atoms with Crippen molar-refractivity contribution in [2.45, 2.75) is 42.2 Å². The predicted octanol–water partition coefficient (Wildman–Crippen LogP) is 6.34. The standard InChI is InChI=1S/C22H18ClF9N2O2S/c23-14-8-9-15(18(35)34-10-4-5-11-34)16(12-14)17(13-6-2-1-3-7-13)33-37(36)22(31,32)20(26,27)19(24,25)21(28,29)30/h1-3,6-9,12,17,33H,4-5,10-11H2. The lowest BCUT2D eigenvalue weighted by Gasteiger charge is -2.34. The summed E-state index contributed by atoms with van der Waals surface area (Å²) in [6, 6.07) is 8.48. The van der Waals surface area contributed by atoms with Crippen molar-refractivity contribution >= 4 is 28.5 Å². The molecule has 0 saturated carbocycles. The Labute approximate surface area is 212 Å². The fraction of sp³-hybridized carbons (Fsp3) is 0.409. The van der Waals surface area contributed by atoms with Gasteiger partial charge in [0.05, 0.1) is 6.04 Å². The Hall–Kier alpha value is -2.32. The molecule has 1 heterocycles. The molecule has 2 aromatic rings.